The second-order valence-corrected chi connectivity index (χ2v) is 6.54. The van der Waals surface area contributed by atoms with Crippen LogP contribution in [-0.4, -0.2) is 25.1 Å². The molecule has 0 saturated carbocycles. The van der Waals surface area contributed by atoms with Crippen LogP contribution < -0.4 is 5.36 Å². The summed E-state index contributed by atoms with van der Waals surface area (Å²) >= 11 is 20.6. The Balaban J connectivity index is 4.47. The zero-order valence-corrected chi connectivity index (χ0v) is 17.5. The first-order valence-electron chi connectivity index (χ1n) is 6.99. The summed E-state index contributed by atoms with van der Waals surface area (Å²) in [5.41, 5.74) is 1.09. The van der Waals surface area contributed by atoms with E-state index in [4.69, 9.17) is 48.9 Å². The zero-order valence-electron chi connectivity index (χ0n) is 14.2. The number of rotatable bonds is 1. The lowest BCUT2D eigenvalue weighted by molar-refractivity contribution is 0.300. The smallest absolute Gasteiger partial charge is 0.163 e. The minimum Gasteiger partial charge on any atom is -0.410 e. The number of hydrogen-bond donors (Lipinski definition) is 2. The number of hydrogen-bond acceptors (Lipinski definition) is 11. The zero-order chi connectivity index (χ0) is 20.0. The predicted molar refractivity (Wildman–Crippen MR) is 107 cm³/mol. The third-order valence-electron chi connectivity index (χ3n) is 3.06. The largest absolute Gasteiger partial charge is 0.410 e. The van der Waals surface area contributed by atoms with E-state index < -0.39 is 0 Å². The van der Waals surface area contributed by atoms with Crippen LogP contribution in [0.4, 0.5) is 5.69 Å². The highest BCUT2D eigenvalue weighted by Crippen LogP contribution is 2.16. The van der Waals surface area contributed by atoms with Crippen LogP contribution in [0.25, 0.3) is 0 Å². The van der Waals surface area contributed by atoms with Crippen LogP contribution in [0, 0.1) is 51.2 Å². The lowest BCUT2D eigenvalue weighted by Gasteiger charge is -1.95. The van der Waals surface area contributed by atoms with Crippen molar-refractivity contribution in [3.63, 3.8) is 0 Å². The molecule has 0 saturated heterocycles. The Morgan fingerprint density at radius 1 is 0.846 bits per heavy atom. The Kier molecular flexibility index (Phi) is 8.14. The van der Waals surface area contributed by atoms with Gasteiger partial charge in [0, 0.05) is 5.69 Å². The number of aryl methyl sites for hydroxylation is 4. The van der Waals surface area contributed by atoms with Crippen molar-refractivity contribution in [1.82, 2.24) is 19.9 Å². The van der Waals surface area contributed by atoms with Gasteiger partial charge in [0.15, 0.2) is 13.9 Å². The number of aromatic amines is 1. The third kappa shape index (κ3) is 5.49. The second kappa shape index (κ2) is 9.62. The van der Waals surface area contributed by atoms with E-state index in [9.17, 15) is 10.1 Å². The molecule has 0 fully saturated rings. The van der Waals surface area contributed by atoms with E-state index in [0.29, 0.717) is 5.69 Å². The lowest BCUT2D eigenvalue weighted by atomic mass is 10.3. The van der Waals surface area contributed by atoms with E-state index in [1.54, 1.807) is 27.7 Å². The maximum Gasteiger partial charge on any atom is 0.163 e. The molecule has 0 bridgehead atoms. The van der Waals surface area contributed by atoms with Crippen molar-refractivity contribution in [2.75, 3.05) is 0 Å². The molecule has 0 unspecified atom stereocenters. The van der Waals surface area contributed by atoms with Gasteiger partial charge in [-0.05, 0) is 32.9 Å². The average Bonchev–Trinajstić information content (AvgIpc) is 2.54. The van der Waals surface area contributed by atoms with E-state index in [1.165, 1.54) is 0 Å². The van der Waals surface area contributed by atoms with Crippen molar-refractivity contribution in [1.29, 1.82) is 0 Å². The van der Waals surface area contributed by atoms with Crippen LogP contribution in [0.15, 0.2) is 10.3 Å². The van der Waals surface area contributed by atoms with Gasteiger partial charge < -0.3 is 10.2 Å². The molecular weight excluding hydrogens is 412 g/mol. The first kappa shape index (κ1) is 22.0. The molecule has 2 N–H and O–H groups in total. The highest BCUT2D eigenvalue weighted by molar-refractivity contribution is 7.74. The summed E-state index contributed by atoms with van der Waals surface area (Å²) in [5.74, 6) is 0. The molecule has 0 aliphatic carbocycles. The quantitative estimate of drug-likeness (QED) is 0.295. The second-order valence-electron chi connectivity index (χ2n) is 4.97. The predicted octanol–water partition coefficient (Wildman–Crippen LogP) is 4.16. The third-order valence-corrected chi connectivity index (χ3v) is 4.48. The molecule has 12 heteroatoms. The molecule has 1 aromatic rings. The van der Waals surface area contributed by atoms with Gasteiger partial charge in [-0.3, -0.25) is 0 Å². The van der Waals surface area contributed by atoms with E-state index >= 15 is 0 Å². The molecule has 0 atom stereocenters. The van der Waals surface area contributed by atoms with Gasteiger partial charge in [0.2, 0.25) is 0 Å². The van der Waals surface area contributed by atoms with Crippen molar-refractivity contribution < 1.29 is 5.21 Å². The number of nitroso groups, excluding NO2 is 1. The average molecular weight is 427 g/mol. The Hall–Kier alpha value is -2.02. The van der Waals surface area contributed by atoms with Crippen LogP contribution >= 0.6 is 48.9 Å². The van der Waals surface area contributed by atoms with E-state index in [-0.39, 0.29) is 46.7 Å². The van der Waals surface area contributed by atoms with Gasteiger partial charge in [0.25, 0.3) is 0 Å². The van der Waals surface area contributed by atoms with Gasteiger partial charge >= 0.3 is 0 Å². The van der Waals surface area contributed by atoms with Crippen LogP contribution in [-0.2, 0) is 0 Å². The first-order chi connectivity index (χ1) is 12.1. The molecule has 1 rings (SSSR count). The van der Waals surface area contributed by atoms with Crippen LogP contribution in [0.5, 0.6) is 0 Å². The Morgan fingerprint density at radius 2 is 1.31 bits per heavy atom. The minimum absolute atomic E-state index is 0.0105. The highest BCUT2D eigenvalue weighted by Gasteiger charge is 2.02. The summed E-state index contributed by atoms with van der Waals surface area (Å²) < 4.78 is 0.0818. The number of nitrogens with zero attached hydrogens (tertiary/aromatic N) is 5. The summed E-state index contributed by atoms with van der Waals surface area (Å²) in [7, 11) is 0. The molecule has 26 heavy (non-hydrogen) atoms. The number of aromatic nitrogens is 4. The summed E-state index contributed by atoms with van der Waals surface area (Å²) in [6.45, 7) is 6.26. The van der Waals surface area contributed by atoms with Crippen molar-refractivity contribution in [3.8, 4) is 0 Å². The monoisotopic (exact) mass is 426 g/mol. The molecule has 0 aliphatic heterocycles. The molecule has 0 spiro atoms. The fourth-order valence-electron chi connectivity index (χ4n) is 1.86. The number of H-pyrrole nitrogens is 1. The molecule has 0 aliphatic rings. The topological polar surface area (TPSA) is 116 Å². The Labute approximate surface area is 169 Å². The van der Waals surface area contributed by atoms with Crippen molar-refractivity contribution in [2.45, 2.75) is 27.7 Å². The Morgan fingerprint density at radius 3 is 1.77 bits per heavy atom. The normalized spacial score (nSPS) is 10.7. The molecule has 0 radical (unpaired) electrons. The summed E-state index contributed by atoms with van der Waals surface area (Å²) in [5, 5.41) is 15.5. The molecule has 136 valence electrons. The van der Waals surface area contributed by atoms with Crippen molar-refractivity contribution >= 4 is 54.6 Å². The summed E-state index contributed by atoms with van der Waals surface area (Å²) in [6.07, 6.45) is 0. The lowest BCUT2D eigenvalue weighted by Crippen LogP contribution is -2.12. The molecule has 1 heterocycles. The molecule has 8 nitrogen and oxygen atoms in total. The van der Waals surface area contributed by atoms with Crippen LogP contribution in [0.3, 0.4) is 0 Å². The standard InChI is InChI=1S/C14H14N6O2S4/c1-5-9(19-21)6(2)16-13(25)14(26)18-8(4)10(20-22)7(3)17-12(24)11(23)15-5/h21H,1-4H3,(H,17,24)/b10-7?,15-5?,16-6?,18-8?,19-9-. The summed E-state index contributed by atoms with van der Waals surface area (Å²) in [6, 6.07) is 0. The SMILES string of the molecule is Cc1nc(=S)c(=S)nc(C)/c(=N\O)c(C)nc(=S)c(=S)[nH]c(C)c1N=O. The molecule has 0 amide bonds. The number of nitrogens with one attached hydrogen (secondary N) is 1. The fraction of sp³-hybridized carbons (Fsp3) is 0.286. The maximum atomic E-state index is 11.2. The maximum absolute atomic E-state index is 11.2. The molecular formula is C14H14N6O2S4. The van der Waals surface area contributed by atoms with Gasteiger partial charge in [0.05, 0.1) is 17.1 Å². The van der Waals surface area contributed by atoms with Crippen LogP contribution in [0.1, 0.15) is 22.8 Å². The van der Waals surface area contributed by atoms with E-state index in [1.807, 2.05) is 0 Å². The van der Waals surface area contributed by atoms with E-state index in [2.05, 4.69) is 30.3 Å². The Bertz CT molecular complexity index is 1070. The van der Waals surface area contributed by atoms with Crippen molar-refractivity contribution in [3.05, 3.63) is 51.6 Å². The van der Waals surface area contributed by atoms with Crippen LogP contribution in [0.2, 0.25) is 0 Å². The van der Waals surface area contributed by atoms with Crippen molar-refractivity contribution in [2.24, 2.45) is 10.3 Å². The minimum atomic E-state index is -0.0205. The highest BCUT2D eigenvalue weighted by atomic mass is 32.1. The summed E-state index contributed by atoms with van der Waals surface area (Å²) in [4.78, 5) is 26.3. The first-order valence-corrected chi connectivity index (χ1v) is 8.62. The molecule has 1 aromatic heterocycles. The molecule has 0 aromatic carbocycles. The van der Waals surface area contributed by atoms with Gasteiger partial charge in [-0.1, -0.05) is 54.0 Å². The van der Waals surface area contributed by atoms with E-state index in [0.717, 1.165) is 0 Å². The van der Waals surface area contributed by atoms with Gasteiger partial charge in [-0.15, -0.1) is 4.91 Å². The van der Waals surface area contributed by atoms with Gasteiger partial charge in [0.1, 0.15) is 15.7 Å². The van der Waals surface area contributed by atoms with Gasteiger partial charge in [-0.2, -0.15) is 0 Å². The van der Waals surface area contributed by atoms with Gasteiger partial charge in [-0.25, -0.2) is 15.0 Å². The fourth-order valence-corrected chi connectivity index (χ4v) is 2.61.